The molecule has 1 aliphatic heterocycles. The molecule has 1 aliphatic rings. The van der Waals surface area contributed by atoms with Gasteiger partial charge in [0.1, 0.15) is 17.5 Å². The van der Waals surface area contributed by atoms with Gasteiger partial charge in [0.15, 0.2) is 0 Å². The molecule has 1 atom stereocenters. The van der Waals surface area contributed by atoms with E-state index in [0.717, 1.165) is 21.3 Å². The lowest BCUT2D eigenvalue weighted by Gasteiger charge is -2.16. The maximum atomic E-state index is 12.5. The molecule has 1 amide bonds. The zero-order valence-corrected chi connectivity index (χ0v) is 13.4. The van der Waals surface area contributed by atoms with E-state index in [1.54, 1.807) is 6.07 Å². The van der Waals surface area contributed by atoms with E-state index in [4.69, 9.17) is 4.74 Å². The summed E-state index contributed by atoms with van der Waals surface area (Å²) in [4.78, 5) is 26.3. The van der Waals surface area contributed by atoms with Crippen LogP contribution < -0.4 is 10.4 Å². The number of hydrogen-bond donors (Lipinski definition) is 0. The molecule has 0 radical (unpaired) electrons. The number of carbonyl (C=O) groups is 1. The van der Waals surface area contributed by atoms with Gasteiger partial charge in [-0.25, -0.2) is 9.59 Å². The molecule has 1 unspecified atom stereocenters. The first kappa shape index (κ1) is 15.3. The van der Waals surface area contributed by atoms with Crippen molar-refractivity contribution in [3.8, 4) is 11.4 Å². The lowest BCUT2D eigenvalue weighted by atomic mass is 10.1. The van der Waals surface area contributed by atoms with Crippen LogP contribution in [-0.4, -0.2) is 49.9 Å². The van der Waals surface area contributed by atoms with Crippen LogP contribution in [0.5, 0.6) is 5.75 Å². The van der Waals surface area contributed by atoms with Crippen LogP contribution in [0.3, 0.4) is 0 Å². The largest absolute Gasteiger partial charge is 0.488 e. The molecule has 8 nitrogen and oxygen atoms in total. The van der Waals surface area contributed by atoms with Crippen molar-refractivity contribution in [3.63, 3.8) is 0 Å². The predicted molar refractivity (Wildman–Crippen MR) is 83.1 cm³/mol. The first-order valence-electron chi connectivity index (χ1n) is 7.70. The van der Waals surface area contributed by atoms with Crippen molar-refractivity contribution in [2.24, 2.45) is 0 Å². The monoisotopic (exact) mass is 317 g/mol. The fourth-order valence-corrected chi connectivity index (χ4v) is 2.73. The minimum Gasteiger partial charge on any atom is -0.488 e. The number of aromatic nitrogens is 4. The molecule has 0 bridgehead atoms. The third kappa shape index (κ3) is 2.49. The van der Waals surface area contributed by atoms with E-state index in [-0.39, 0.29) is 6.10 Å². The van der Waals surface area contributed by atoms with Gasteiger partial charge in [-0.2, -0.15) is 4.68 Å². The van der Waals surface area contributed by atoms with Crippen molar-refractivity contribution in [2.45, 2.75) is 33.3 Å². The van der Waals surface area contributed by atoms with E-state index in [2.05, 4.69) is 10.4 Å². The predicted octanol–water partition coefficient (Wildman–Crippen LogP) is 1.06. The standard InChI is InChI=1S/C15H19N5O3/c1-4-18(5-2)14(21)20-15(22)19(16-17-20)12-8-6-7-11-9-10(3)23-13(11)12/h6-8,10H,4-5,9H2,1-3H3. The van der Waals surface area contributed by atoms with E-state index in [9.17, 15) is 9.59 Å². The summed E-state index contributed by atoms with van der Waals surface area (Å²) in [5.74, 6) is 0.629. The van der Waals surface area contributed by atoms with Crippen LogP contribution in [0.1, 0.15) is 26.3 Å². The summed E-state index contributed by atoms with van der Waals surface area (Å²) < 4.78 is 7.67. The van der Waals surface area contributed by atoms with Gasteiger partial charge < -0.3 is 9.64 Å². The van der Waals surface area contributed by atoms with Gasteiger partial charge in [-0.3, -0.25) is 0 Å². The average Bonchev–Trinajstić information content (AvgIpc) is 3.10. The number of hydrogen-bond acceptors (Lipinski definition) is 5. The average molecular weight is 317 g/mol. The topological polar surface area (TPSA) is 82.2 Å². The van der Waals surface area contributed by atoms with Gasteiger partial charge >= 0.3 is 11.7 Å². The SMILES string of the molecule is CCN(CC)C(=O)n1nnn(-c2cccc3c2OC(C)C3)c1=O. The molecular formula is C15H19N5O3. The summed E-state index contributed by atoms with van der Waals surface area (Å²) in [5.41, 5.74) is 0.931. The summed E-state index contributed by atoms with van der Waals surface area (Å²) in [7, 11) is 0. The Morgan fingerprint density at radius 1 is 1.35 bits per heavy atom. The number of ether oxygens (including phenoxy) is 1. The van der Waals surface area contributed by atoms with Crippen LogP contribution in [0, 0.1) is 0 Å². The molecule has 0 aliphatic carbocycles. The van der Waals surface area contributed by atoms with Gasteiger partial charge in [-0.15, -0.1) is 4.68 Å². The maximum absolute atomic E-state index is 12.5. The van der Waals surface area contributed by atoms with Crippen LogP contribution in [-0.2, 0) is 6.42 Å². The summed E-state index contributed by atoms with van der Waals surface area (Å²) in [6.45, 7) is 6.64. The lowest BCUT2D eigenvalue weighted by Crippen LogP contribution is -2.40. The number of amides is 1. The minimum atomic E-state index is -0.599. The van der Waals surface area contributed by atoms with E-state index < -0.39 is 11.7 Å². The third-order valence-corrected chi connectivity index (χ3v) is 3.93. The zero-order chi connectivity index (χ0) is 16.6. The summed E-state index contributed by atoms with van der Waals surface area (Å²) in [6.07, 6.45) is 0.832. The number of para-hydroxylation sites is 1. The minimum absolute atomic E-state index is 0.0502. The molecule has 2 aromatic rings. The van der Waals surface area contributed by atoms with Crippen molar-refractivity contribution in [1.29, 1.82) is 0 Å². The Labute approximate surface area is 133 Å². The fourth-order valence-electron chi connectivity index (χ4n) is 2.73. The first-order valence-corrected chi connectivity index (χ1v) is 7.70. The Morgan fingerprint density at radius 3 is 2.78 bits per heavy atom. The van der Waals surface area contributed by atoms with E-state index >= 15 is 0 Å². The van der Waals surface area contributed by atoms with Crippen molar-refractivity contribution >= 4 is 6.03 Å². The van der Waals surface area contributed by atoms with Gasteiger partial charge in [0.05, 0.1) is 0 Å². The Balaban J connectivity index is 2.03. The number of fused-ring (bicyclic) bond motifs is 1. The molecule has 0 fully saturated rings. The van der Waals surface area contributed by atoms with Gasteiger partial charge in [-0.1, -0.05) is 12.1 Å². The molecule has 0 N–H and O–H groups in total. The number of nitrogens with zero attached hydrogens (tertiary/aromatic N) is 5. The van der Waals surface area contributed by atoms with Crippen molar-refractivity contribution < 1.29 is 9.53 Å². The van der Waals surface area contributed by atoms with Gasteiger partial charge in [0.25, 0.3) is 0 Å². The normalized spacial score (nSPS) is 16.0. The van der Waals surface area contributed by atoms with E-state index in [0.29, 0.717) is 24.5 Å². The fraction of sp³-hybridized carbons (Fsp3) is 0.467. The number of benzene rings is 1. The van der Waals surface area contributed by atoms with Crippen LogP contribution in [0.25, 0.3) is 5.69 Å². The third-order valence-electron chi connectivity index (χ3n) is 3.93. The molecule has 0 saturated carbocycles. The second kappa shape index (κ2) is 5.86. The van der Waals surface area contributed by atoms with Crippen molar-refractivity contribution in [1.82, 2.24) is 24.7 Å². The molecule has 23 heavy (non-hydrogen) atoms. The molecule has 0 spiro atoms. The lowest BCUT2D eigenvalue weighted by molar-refractivity contribution is 0.200. The maximum Gasteiger partial charge on any atom is 0.377 e. The molecule has 2 heterocycles. The highest BCUT2D eigenvalue weighted by molar-refractivity contribution is 5.75. The van der Waals surface area contributed by atoms with Gasteiger partial charge in [0, 0.05) is 25.1 Å². The van der Waals surface area contributed by atoms with Crippen LogP contribution >= 0.6 is 0 Å². The zero-order valence-electron chi connectivity index (χ0n) is 13.4. The van der Waals surface area contributed by atoms with Crippen LogP contribution in [0.15, 0.2) is 23.0 Å². The Bertz CT molecular complexity index is 791. The summed E-state index contributed by atoms with van der Waals surface area (Å²) in [6, 6.07) is 5.05. The second-order valence-electron chi connectivity index (χ2n) is 5.44. The first-order chi connectivity index (χ1) is 11.1. The smallest absolute Gasteiger partial charge is 0.377 e. The van der Waals surface area contributed by atoms with Gasteiger partial charge in [0.2, 0.25) is 0 Å². The number of rotatable bonds is 3. The molecule has 1 aromatic heterocycles. The van der Waals surface area contributed by atoms with Crippen molar-refractivity contribution in [2.75, 3.05) is 13.1 Å². The number of carbonyl (C=O) groups excluding carboxylic acids is 1. The van der Waals surface area contributed by atoms with Crippen molar-refractivity contribution in [3.05, 3.63) is 34.2 Å². The highest BCUT2D eigenvalue weighted by atomic mass is 16.5. The Morgan fingerprint density at radius 2 is 2.09 bits per heavy atom. The second-order valence-corrected chi connectivity index (χ2v) is 5.44. The molecular weight excluding hydrogens is 298 g/mol. The highest BCUT2D eigenvalue weighted by Gasteiger charge is 2.26. The van der Waals surface area contributed by atoms with Crippen LogP contribution in [0.2, 0.25) is 0 Å². The number of tetrazole rings is 1. The molecule has 1 aromatic carbocycles. The highest BCUT2D eigenvalue weighted by Crippen LogP contribution is 2.33. The van der Waals surface area contributed by atoms with Gasteiger partial charge in [-0.05, 0) is 37.3 Å². The van der Waals surface area contributed by atoms with E-state index in [1.807, 2.05) is 32.9 Å². The quantitative estimate of drug-likeness (QED) is 0.791. The van der Waals surface area contributed by atoms with E-state index in [1.165, 1.54) is 4.90 Å². The Hall–Kier alpha value is -2.64. The van der Waals surface area contributed by atoms with Crippen LogP contribution in [0.4, 0.5) is 4.79 Å². The molecule has 122 valence electrons. The summed E-state index contributed by atoms with van der Waals surface area (Å²) in [5, 5.41) is 7.57. The molecule has 0 saturated heterocycles. The molecule has 3 rings (SSSR count). The summed E-state index contributed by atoms with van der Waals surface area (Å²) >= 11 is 0. The molecule has 8 heteroatoms. The Kier molecular flexibility index (Phi) is 3.89.